The lowest BCUT2D eigenvalue weighted by Crippen LogP contribution is -2.61. The fourth-order valence-electron chi connectivity index (χ4n) is 7.35. The van der Waals surface area contributed by atoms with Gasteiger partial charge in [-0.1, -0.05) is 128 Å². The first kappa shape index (κ1) is 56.1. The number of ether oxygens (including phenoxy) is 6. The third kappa shape index (κ3) is 23.8. The van der Waals surface area contributed by atoms with Crippen LogP contribution in [-0.4, -0.2) is 142 Å². The van der Waals surface area contributed by atoms with E-state index in [1.54, 1.807) is 0 Å². The van der Waals surface area contributed by atoms with Gasteiger partial charge in [-0.15, -0.1) is 0 Å². The lowest BCUT2D eigenvalue weighted by atomic mass is 9.98. The van der Waals surface area contributed by atoms with Crippen molar-refractivity contribution in [3.8, 4) is 0 Å². The first-order valence-corrected chi connectivity index (χ1v) is 23.9. The van der Waals surface area contributed by atoms with Crippen LogP contribution in [0.1, 0.15) is 168 Å². The summed E-state index contributed by atoms with van der Waals surface area (Å²) < 4.78 is 33.5. The first-order chi connectivity index (χ1) is 30.0. The summed E-state index contributed by atoms with van der Waals surface area (Å²) in [6, 6.07) is 0. The molecule has 0 aromatic heterocycles. The Morgan fingerprint density at radius 1 is 0.500 bits per heavy atom. The molecular weight excluding hydrogens is 805 g/mol. The van der Waals surface area contributed by atoms with Crippen LogP contribution in [0, 0.1) is 0 Å². The van der Waals surface area contributed by atoms with Crippen LogP contribution >= 0.6 is 0 Å². The number of esters is 2. The number of aliphatic hydroxyl groups excluding tert-OH is 7. The molecule has 7 N–H and O–H groups in total. The molecular formula is C47H84O15. The molecule has 362 valence electrons. The van der Waals surface area contributed by atoms with Crippen molar-refractivity contribution in [3.05, 3.63) is 24.3 Å². The standard InChI is InChI=1S/C47H84O15/c1-3-5-7-9-11-13-15-16-17-18-20-22-24-26-28-30-39(50)60-35(32-57-38(49)29-27-25-23-21-19-14-12-10-8-6-4-2)33-58-46-45(56)43(54)41(52)37(62-46)34-59-47-44(55)42(53)40(51)36(31-48)61-47/h9-12,35-37,40-48,51-56H,3-8,13-34H2,1-2H3/b11-9+,12-10+/t35-,36-,37-,40+,41+,42?,43?,44?,45?,46-,47-/m1/s1. The molecule has 11 atom stereocenters. The first-order valence-electron chi connectivity index (χ1n) is 23.9. The average molecular weight is 889 g/mol. The molecule has 4 unspecified atom stereocenters. The number of unbranched alkanes of at least 4 members (excludes halogenated alkanes) is 18. The number of rotatable bonds is 36. The zero-order valence-corrected chi connectivity index (χ0v) is 37.9. The van der Waals surface area contributed by atoms with Gasteiger partial charge < -0.3 is 64.2 Å². The number of aliphatic hydroxyl groups is 7. The van der Waals surface area contributed by atoms with Crippen molar-refractivity contribution >= 4 is 11.9 Å². The van der Waals surface area contributed by atoms with Gasteiger partial charge in [-0.2, -0.15) is 0 Å². The molecule has 0 aliphatic carbocycles. The maximum atomic E-state index is 13.0. The number of hydrogen-bond acceptors (Lipinski definition) is 15. The molecule has 0 amide bonds. The molecule has 2 heterocycles. The van der Waals surface area contributed by atoms with Crippen molar-refractivity contribution in [1.82, 2.24) is 0 Å². The summed E-state index contributed by atoms with van der Waals surface area (Å²) in [6.45, 7) is 2.50. The van der Waals surface area contributed by atoms with Crippen LogP contribution in [-0.2, 0) is 38.0 Å². The predicted molar refractivity (Wildman–Crippen MR) is 234 cm³/mol. The Kier molecular flexibility index (Phi) is 31.9. The van der Waals surface area contributed by atoms with Gasteiger partial charge in [-0.05, 0) is 51.4 Å². The second-order valence-corrected chi connectivity index (χ2v) is 16.9. The summed E-state index contributed by atoms with van der Waals surface area (Å²) in [5.41, 5.74) is 0. The minimum Gasteiger partial charge on any atom is -0.462 e. The molecule has 2 saturated heterocycles. The van der Waals surface area contributed by atoms with Gasteiger partial charge in [0.25, 0.3) is 0 Å². The van der Waals surface area contributed by atoms with Crippen LogP contribution in [0.5, 0.6) is 0 Å². The Morgan fingerprint density at radius 3 is 1.42 bits per heavy atom. The van der Waals surface area contributed by atoms with E-state index in [0.29, 0.717) is 12.8 Å². The Bertz CT molecular complexity index is 1180. The molecule has 0 bridgehead atoms. The Labute approximate surface area is 371 Å². The highest BCUT2D eigenvalue weighted by Crippen LogP contribution is 2.26. The van der Waals surface area contributed by atoms with Crippen molar-refractivity contribution in [2.75, 3.05) is 26.4 Å². The minimum atomic E-state index is -1.76. The van der Waals surface area contributed by atoms with E-state index in [1.165, 1.54) is 64.2 Å². The smallest absolute Gasteiger partial charge is 0.306 e. The summed E-state index contributed by atoms with van der Waals surface area (Å²) in [4.78, 5) is 25.6. The van der Waals surface area contributed by atoms with Crippen LogP contribution in [0.3, 0.4) is 0 Å². The van der Waals surface area contributed by atoms with Gasteiger partial charge in [0, 0.05) is 12.8 Å². The van der Waals surface area contributed by atoms with Crippen molar-refractivity contribution in [2.45, 2.75) is 235 Å². The third-order valence-electron chi connectivity index (χ3n) is 11.4. The molecule has 0 aromatic carbocycles. The maximum absolute atomic E-state index is 13.0. The largest absolute Gasteiger partial charge is 0.462 e. The van der Waals surface area contributed by atoms with Crippen molar-refractivity contribution in [1.29, 1.82) is 0 Å². The number of carbonyl (C=O) groups is 2. The van der Waals surface area contributed by atoms with Gasteiger partial charge in [0.2, 0.25) is 0 Å². The molecule has 2 aliphatic rings. The SMILES string of the molecule is CCCC/C=C/CCCCCCCCCCCC(=O)O[C@H](COC(=O)CCCCCCC/C=C/CCCC)CO[C@@H]1O[C@H](CO[C@@H]2O[C@H](CO)[C@H](O)C(O)C2O)[C@H](O)C(O)C1O. The van der Waals surface area contributed by atoms with Crippen LogP contribution in [0.2, 0.25) is 0 Å². The van der Waals surface area contributed by atoms with Crippen molar-refractivity contribution in [3.63, 3.8) is 0 Å². The lowest BCUT2D eigenvalue weighted by Gasteiger charge is -2.42. The summed E-state index contributed by atoms with van der Waals surface area (Å²) in [7, 11) is 0. The predicted octanol–water partition coefficient (Wildman–Crippen LogP) is 5.60. The third-order valence-corrected chi connectivity index (χ3v) is 11.4. The minimum absolute atomic E-state index is 0.162. The maximum Gasteiger partial charge on any atom is 0.306 e. The van der Waals surface area contributed by atoms with Gasteiger partial charge in [-0.25, -0.2) is 0 Å². The monoisotopic (exact) mass is 889 g/mol. The lowest BCUT2D eigenvalue weighted by molar-refractivity contribution is -0.332. The van der Waals surface area contributed by atoms with E-state index in [-0.39, 0.29) is 26.1 Å². The molecule has 15 nitrogen and oxygen atoms in total. The summed E-state index contributed by atoms with van der Waals surface area (Å²) in [5.74, 6) is -0.938. The van der Waals surface area contributed by atoms with E-state index >= 15 is 0 Å². The fourth-order valence-corrected chi connectivity index (χ4v) is 7.35. The highest BCUT2D eigenvalue weighted by molar-refractivity contribution is 5.70. The van der Waals surface area contributed by atoms with Gasteiger partial charge in [0.15, 0.2) is 18.7 Å². The van der Waals surface area contributed by atoms with Gasteiger partial charge >= 0.3 is 11.9 Å². The fraction of sp³-hybridized carbons (Fsp3) is 0.872. The van der Waals surface area contributed by atoms with E-state index in [2.05, 4.69) is 38.2 Å². The molecule has 2 fully saturated rings. The van der Waals surface area contributed by atoms with Crippen LogP contribution in [0.4, 0.5) is 0 Å². The van der Waals surface area contributed by atoms with E-state index in [4.69, 9.17) is 28.4 Å². The molecule has 0 saturated carbocycles. The van der Waals surface area contributed by atoms with Gasteiger partial charge in [-0.3, -0.25) is 9.59 Å². The van der Waals surface area contributed by atoms with Crippen LogP contribution in [0.25, 0.3) is 0 Å². The Balaban J connectivity index is 1.84. The van der Waals surface area contributed by atoms with Crippen molar-refractivity contribution < 1.29 is 73.8 Å². The molecule has 15 heteroatoms. The van der Waals surface area contributed by atoms with E-state index in [1.807, 2.05) is 0 Å². The van der Waals surface area contributed by atoms with Crippen LogP contribution < -0.4 is 0 Å². The molecule has 2 aliphatic heterocycles. The summed E-state index contributed by atoms with van der Waals surface area (Å²) in [5, 5.41) is 71.9. The van der Waals surface area contributed by atoms with Gasteiger partial charge in [0.05, 0.1) is 19.8 Å². The van der Waals surface area contributed by atoms with E-state index < -0.39 is 92.7 Å². The number of hydrogen-bond donors (Lipinski definition) is 7. The Morgan fingerprint density at radius 2 is 0.919 bits per heavy atom. The second kappa shape index (κ2) is 35.3. The zero-order valence-electron chi connectivity index (χ0n) is 37.9. The average Bonchev–Trinajstić information content (AvgIpc) is 3.26. The molecule has 2 rings (SSSR count). The highest BCUT2D eigenvalue weighted by atomic mass is 16.7. The summed E-state index contributed by atoms with van der Waals surface area (Å²) in [6.07, 6.45) is 16.4. The molecule has 0 aromatic rings. The number of allylic oxidation sites excluding steroid dienone is 4. The number of carbonyl (C=O) groups excluding carboxylic acids is 2. The quantitative estimate of drug-likeness (QED) is 0.0231. The topological polar surface area (TPSA) is 231 Å². The van der Waals surface area contributed by atoms with Crippen LogP contribution in [0.15, 0.2) is 24.3 Å². The second-order valence-electron chi connectivity index (χ2n) is 16.9. The molecule has 62 heavy (non-hydrogen) atoms. The molecule has 0 radical (unpaired) electrons. The van der Waals surface area contributed by atoms with E-state index in [0.717, 1.165) is 64.2 Å². The van der Waals surface area contributed by atoms with E-state index in [9.17, 15) is 45.3 Å². The molecule has 0 spiro atoms. The highest BCUT2D eigenvalue weighted by Gasteiger charge is 2.47. The zero-order chi connectivity index (χ0) is 45.4. The Hall–Kier alpha value is -2.02. The van der Waals surface area contributed by atoms with Crippen molar-refractivity contribution in [2.24, 2.45) is 0 Å². The summed E-state index contributed by atoms with van der Waals surface area (Å²) >= 11 is 0. The van der Waals surface area contributed by atoms with Gasteiger partial charge in [0.1, 0.15) is 55.4 Å². The normalized spacial score (nSPS) is 27.2.